The zero-order chi connectivity index (χ0) is 35.1. The third-order valence-electron chi connectivity index (χ3n) is 11.6. The van der Waals surface area contributed by atoms with E-state index in [0.29, 0.717) is 6.04 Å². The summed E-state index contributed by atoms with van der Waals surface area (Å²) in [5.74, 6) is 0. The summed E-state index contributed by atoms with van der Waals surface area (Å²) in [6.45, 7) is 11.1. The highest BCUT2D eigenvalue weighted by Gasteiger charge is 2.43. The molecule has 0 amide bonds. The summed E-state index contributed by atoms with van der Waals surface area (Å²) in [7, 11) is 0. The first-order chi connectivity index (χ1) is 25.4. The van der Waals surface area contributed by atoms with Crippen LogP contribution in [-0.2, 0) is 5.41 Å². The van der Waals surface area contributed by atoms with Gasteiger partial charge in [0.25, 0.3) is 0 Å². The minimum Gasteiger partial charge on any atom is -0.455 e. The van der Waals surface area contributed by atoms with Crippen LogP contribution >= 0.6 is 0 Å². The van der Waals surface area contributed by atoms with Crippen LogP contribution in [0.5, 0.6) is 0 Å². The molecule has 1 aliphatic heterocycles. The van der Waals surface area contributed by atoms with Gasteiger partial charge in [0, 0.05) is 55.6 Å². The fourth-order valence-electron chi connectivity index (χ4n) is 8.51. The summed E-state index contributed by atoms with van der Waals surface area (Å²) in [6.07, 6.45) is 1.90. The maximum atomic E-state index is 6.37. The molecule has 0 N–H and O–H groups in total. The molecule has 1 atom stereocenters. The molecule has 52 heavy (non-hydrogen) atoms. The van der Waals surface area contributed by atoms with Crippen LogP contribution in [0.1, 0.15) is 31.9 Å². The van der Waals surface area contributed by atoms with Crippen LogP contribution < -0.4 is 4.90 Å². The molecule has 7 aromatic carbocycles. The van der Waals surface area contributed by atoms with Crippen molar-refractivity contribution in [2.45, 2.75) is 32.2 Å². The van der Waals surface area contributed by atoms with Crippen molar-refractivity contribution in [3.8, 4) is 27.9 Å². The number of fused-ring (bicyclic) bond motifs is 7. The predicted octanol–water partition coefficient (Wildman–Crippen LogP) is 13.5. The summed E-state index contributed by atoms with van der Waals surface area (Å²) in [4.78, 5) is 2.53. The van der Waals surface area contributed by atoms with E-state index in [1.807, 2.05) is 18.2 Å². The molecular weight excluding hydrogens is 633 g/mol. The van der Waals surface area contributed by atoms with E-state index in [0.717, 1.165) is 44.3 Å². The summed E-state index contributed by atoms with van der Waals surface area (Å²) in [5.41, 5.74) is 15.0. The van der Waals surface area contributed by atoms with Crippen molar-refractivity contribution in [3.05, 3.63) is 169 Å². The smallest absolute Gasteiger partial charge is 0.143 e. The first kappa shape index (κ1) is 30.5. The maximum absolute atomic E-state index is 6.37. The Bertz CT molecular complexity index is 2840. The number of para-hydroxylation sites is 3. The highest BCUT2D eigenvalue weighted by atomic mass is 16.3. The normalized spacial score (nSPS) is 15.2. The fraction of sp³-hybridized carbons (Fsp3) is 0.102. The number of hydrogen-bond acceptors (Lipinski definition) is 2. The van der Waals surface area contributed by atoms with Gasteiger partial charge in [-0.15, -0.1) is 0 Å². The van der Waals surface area contributed by atoms with Crippen LogP contribution in [-0.4, -0.2) is 10.6 Å². The number of anilines is 2. The van der Waals surface area contributed by atoms with E-state index in [9.17, 15) is 0 Å². The van der Waals surface area contributed by atoms with Crippen LogP contribution in [0.2, 0.25) is 0 Å². The number of furan rings is 1. The minimum absolute atomic E-state index is 0.0487. The summed E-state index contributed by atoms with van der Waals surface area (Å²) in [6, 6.07) is 55.3. The molecule has 1 aliphatic rings. The zero-order valence-corrected chi connectivity index (χ0v) is 29.6. The van der Waals surface area contributed by atoms with E-state index in [2.05, 4.69) is 176 Å². The predicted molar refractivity (Wildman–Crippen MR) is 220 cm³/mol. The quantitative estimate of drug-likeness (QED) is 0.182. The molecule has 2 aromatic heterocycles. The molecule has 9 aromatic rings. The Morgan fingerprint density at radius 3 is 2.08 bits per heavy atom. The van der Waals surface area contributed by atoms with Gasteiger partial charge < -0.3 is 13.9 Å². The molecule has 0 bridgehead atoms. The molecule has 10 rings (SSSR count). The van der Waals surface area contributed by atoms with Crippen molar-refractivity contribution >= 4 is 61.2 Å². The fourth-order valence-corrected chi connectivity index (χ4v) is 8.51. The van der Waals surface area contributed by atoms with Gasteiger partial charge in [-0.3, -0.25) is 0 Å². The van der Waals surface area contributed by atoms with Crippen molar-refractivity contribution < 1.29 is 4.42 Å². The van der Waals surface area contributed by atoms with Gasteiger partial charge in [0.15, 0.2) is 0 Å². The lowest BCUT2D eigenvalue weighted by Gasteiger charge is -2.31. The minimum atomic E-state index is -0.0487. The van der Waals surface area contributed by atoms with Crippen molar-refractivity contribution in [1.82, 2.24) is 4.57 Å². The van der Waals surface area contributed by atoms with Crippen molar-refractivity contribution in [1.29, 1.82) is 0 Å². The monoisotopic (exact) mass is 670 g/mol. The third kappa shape index (κ3) is 4.45. The molecule has 0 radical (unpaired) electrons. The first-order valence-electron chi connectivity index (χ1n) is 18.1. The second kappa shape index (κ2) is 11.3. The lowest BCUT2D eigenvalue weighted by atomic mass is 9.81. The van der Waals surface area contributed by atoms with E-state index in [4.69, 9.17) is 4.42 Å². The summed E-state index contributed by atoms with van der Waals surface area (Å²) in [5, 5.41) is 4.79. The third-order valence-corrected chi connectivity index (χ3v) is 11.6. The average Bonchev–Trinajstić information content (AvgIpc) is 3.79. The molecule has 0 aliphatic carbocycles. The number of hydrogen-bond donors (Lipinski definition) is 0. The highest BCUT2D eigenvalue weighted by Crippen LogP contribution is 2.51. The Balaban J connectivity index is 1.15. The molecule has 3 heteroatoms. The van der Waals surface area contributed by atoms with E-state index < -0.39 is 0 Å². The molecule has 1 unspecified atom stereocenters. The summed E-state index contributed by atoms with van der Waals surface area (Å²) < 4.78 is 8.80. The molecular formula is C49H38N2O. The summed E-state index contributed by atoms with van der Waals surface area (Å²) >= 11 is 0. The van der Waals surface area contributed by atoms with Gasteiger partial charge in [0.2, 0.25) is 0 Å². The Labute approximate surface area is 303 Å². The van der Waals surface area contributed by atoms with Gasteiger partial charge in [-0.2, -0.15) is 0 Å². The Hall–Kier alpha value is -6.32. The van der Waals surface area contributed by atoms with Crippen LogP contribution in [0.25, 0.3) is 77.8 Å². The highest BCUT2D eigenvalue weighted by molar-refractivity contribution is 6.13. The van der Waals surface area contributed by atoms with E-state index in [1.165, 1.54) is 49.9 Å². The van der Waals surface area contributed by atoms with Crippen LogP contribution in [0, 0.1) is 0 Å². The lowest BCUT2D eigenvalue weighted by Crippen LogP contribution is -2.36. The van der Waals surface area contributed by atoms with Gasteiger partial charge in [-0.1, -0.05) is 124 Å². The van der Waals surface area contributed by atoms with E-state index in [1.54, 1.807) is 0 Å². The van der Waals surface area contributed by atoms with Gasteiger partial charge in [0.05, 0.1) is 11.0 Å². The van der Waals surface area contributed by atoms with Crippen LogP contribution in [0.3, 0.4) is 0 Å². The number of aromatic nitrogens is 1. The zero-order valence-electron chi connectivity index (χ0n) is 29.6. The Morgan fingerprint density at radius 2 is 1.29 bits per heavy atom. The second-order valence-electron chi connectivity index (χ2n) is 14.7. The molecule has 0 saturated heterocycles. The average molecular weight is 671 g/mol. The molecule has 0 fully saturated rings. The largest absolute Gasteiger partial charge is 0.455 e. The van der Waals surface area contributed by atoms with Crippen LogP contribution in [0.15, 0.2) is 163 Å². The molecule has 0 spiro atoms. The lowest BCUT2D eigenvalue weighted by molar-refractivity contribution is 0.462. The Morgan fingerprint density at radius 1 is 0.596 bits per heavy atom. The molecule has 3 nitrogen and oxygen atoms in total. The van der Waals surface area contributed by atoms with Crippen molar-refractivity contribution in [2.24, 2.45) is 0 Å². The van der Waals surface area contributed by atoms with Gasteiger partial charge >= 0.3 is 0 Å². The van der Waals surface area contributed by atoms with Crippen LogP contribution in [0.4, 0.5) is 11.4 Å². The van der Waals surface area contributed by atoms with Gasteiger partial charge in [0.1, 0.15) is 11.2 Å². The van der Waals surface area contributed by atoms with Gasteiger partial charge in [-0.25, -0.2) is 0 Å². The van der Waals surface area contributed by atoms with Gasteiger partial charge in [-0.05, 0) is 89.3 Å². The SMILES string of the molecule is C=Cc1ccc(-n2c3ccc(-c4ccc(-c5cccc6c5oc5ccccc56)cc4)cc3c3cc4c(cc32)C(C)(C)C(C)N4c2ccccc2)cc1. The molecule has 250 valence electrons. The topological polar surface area (TPSA) is 21.3 Å². The van der Waals surface area contributed by atoms with Crippen molar-refractivity contribution in [3.63, 3.8) is 0 Å². The van der Waals surface area contributed by atoms with E-state index >= 15 is 0 Å². The van der Waals surface area contributed by atoms with E-state index in [-0.39, 0.29) is 5.41 Å². The second-order valence-corrected chi connectivity index (χ2v) is 14.7. The number of nitrogens with zero attached hydrogens (tertiary/aromatic N) is 2. The first-order valence-corrected chi connectivity index (χ1v) is 18.1. The maximum Gasteiger partial charge on any atom is 0.143 e. The standard InChI is InChI=1S/C49H38N2O/c1-5-32-18-25-37(26-19-32)51-44-27-24-35(33-20-22-34(23-21-33)38-15-11-16-40-39-14-9-10-17-47(39)52-48(38)40)28-41(44)42-29-46-43(30-45(42)51)49(3,4)31(2)50(46)36-12-7-6-8-13-36/h5-31H,1H2,2-4H3. The Kier molecular flexibility index (Phi) is 6.65. The molecule has 0 saturated carbocycles. The molecule has 3 heterocycles. The number of rotatable bonds is 5. The number of benzene rings is 7. The van der Waals surface area contributed by atoms with Crippen molar-refractivity contribution in [2.75, 3.05) is 4.90 Å².